The highest BCUT2D eigenvalue weighted by atomic mass is 16.6. The minimum Gasteiger partial charge on any atom is -0.486 e. The van der Waals surface area contributed by atoms with Crippen molar-refractivity contribution >= 4 is 12.4 Å². The summed E-state index contributed by atoms with van der Waals surface area (Å²) in [6.07, 6.45) is 0.447. The Balaban J connectivity index is 1.98. The smallest absolute Gasteiger partial charge is 0.408 e. The van der Waals surface area contributed by atoms with E-state index in [1.807, 2.05) is 12.1 Å². The van der Waals surface area contributed by atoms with Crippen molar-refractivity contribution in [1.82, 2.24) is 5.32 Å². The molecule has 1 aromatic rings. The van der Waals surface area contributed by atoms with Crippen LogP contribution in [0.15, 0.2) is 18.2 Å². The number of hydrogen-bond acceptors (Lipinski definition) is 5. The van der Waals surface area contributed by atoms with E-state index in [-0.39, 0.29) is 0 Å². The first kappa shape index (κ1) is 16.1. The van der Waals surface area contributed by atoms with Crippen molar-refractivity contribution < 1.29 is 23.8 Å². The SMILES string of the molecule is CC(C)(C)OC(=O)NC(C=O)Cc1ccc2c(c1)OCCO2. The van der Waals surface area contributed by atoms with Crippen LogP contribution in [0.25, 0.3) is 0 Å². The Morgan fingerprint density at radius 2 is 2.00 bits per heavy atom. The summed E-state index contributed by atoms with van der Waals surface area (Å²) in [6.45, 7) is 6.34. The standard InChI is InChI=1S/C16H21NO5/c1-16(2,3)22-15(19)17-12(10-18)8-11-4-5-13-14(9-11)21-7-6-20-13/h4-5,9-10,12H,6-8H2,1-3H3,(H,17,19). The van der Waals surface area contributed by atoms with Gasteiger partial charge < -0.3 is 24.3 Å². The fraction of sp³-hybridized carbons (Fsp3) is 0.500. The highest BCUT2D eigenvalue weighted by molar-refractivity contribution is 5.73. The fourth-order valence-corrected chi connectivity index (χ4v) is 2.06. The maximum atomic E-state index is 11.7. The van der Waals surface area contributed by atoms with Crippen molar-refractivity contribution in [2.75, 3.05) is 13.2 Å². The Kier molecular flexibility index (Phi) is 4.90. The van der Waals surface area contributed by atoms with Crippen LogP contribution in [-0.4, -0.2) is 37.2 Å². The van der Waals surface area contributed by atoms with E-state index in [0.29, 0.717) is 37.4 Å². The van der Waals surface area contributed by atoms with E-state index < -0.39 is 17.7 Å². The summed E-state index contributed by atoms with van der Waals surface area (Å²) >= 11 is 0. The van der Waals surface area contributed by atoms with E-state index in [2.05, 4.69) is 5.32 Å². The normalized spacial score (nSPS) is 14.9. The van der Waals surface area contributed by atoms with Gasteiger partial charge >= 0.3 is 6.09 Å². The second kappa shape index (κ2) is 6.68. The van der Waals surface area contributed by atoms with Gasteiger partial charge in [0, 0.05) is 0 Å². The maximum absolute atomic E-state index is 11.7. The van der Waals surface area contributed by atoms with Gasteiger partial charge in [-0.3, -0.25) is 0 Å². The van der Waals surface area contributed by atoms with Gasteiger partial charge in [0.25, 0.3) is 0 Å². The van der Waals surface area contributed by atoms with Crippen molar-refractivity contribution in [3.8, 4) is 11.5 Å². The molecule has 1 aliphatic rings. The molecule has 2 rings (SSSR count). The molecule has 1 atom stereocenters. The van der Waals surface area contributed by atoms with E-state index in [1.54, 1.807) is 26.8 Å². The highest BCUT2D eigenvalue weighted by Gasteiger charge is 2.20. The van der Waals surface area contributed by atoms with Gasteiger partial charge in [-0.15, -0.1) is 0 Å². The summed E-state index contributed by atoms with van der Waals surface area (Å²) < 4.78 is 16.1. The lowest BCUT2D eigenvalue weighted by Crippen LogP contribution is -2.41. The second-order valence-corrected chi connectivity index (χ2v) is 6.07. The van der Waals surface area contributed by atoms with Crippen molar-refractivity contribution in [1.29, 1.82) is 0 Å². The molecule has 1 unspecified atom stereocenters. The number of alkyl carbamates (subject to hydrolysis) is 1. The third kappa shape index (κ3) is 4.65. The summed E-state index contributed by atoms with van der Waals surface area (Å²) in [7, 11) is 0. The number of rotatable bonds is 4. The van der Waals surface area contributed by atoms with Crippen LogP contribution >= 0.6 is 0 Å². The van der Waals surface area contributed by atoms with Gasteiger partial charge in [-0.05, 0) is 44.9 Å². The minimum absolute atomic E-state index is 0.360. The Hall–Kier alpha value is -2.24. The molecule has 1 N–H and O–H groups in total. The zero-order valence-corrected chi connectivity index (χ0v) is 13.0. The van der Waals surface area contributed by atoms with Crippen LogP contribution in [0.5, 0.6) is 11.5 Å². The number of ether oxygens (including phenoxy) is 3. The second-order valence-electron chi connectivity index (χ2n) is 6.07. The average Bonchev–Trinajstić information content (AvgIpc) is 2.44. The summed E-state index contributed by atoms with van der Waals surface area (Å²) in [5, 5.41) is 2.55. The molecule has 0 saturated heterocycles. The molecule has 120 valence electrons. The molecule has 0 fully saturated rings. The Labute approximate surface area is 129 Å². The molecule has 0 aromatic heterocycles. The highest BCUT2D eigenvalue weighted by Crippen LogP contribution is 2.31. The zero-order valence-electron chi connectivity index (χ0n) is 13.0. The Morgan fingerprint density at radius 1 is 1.32 bits per heavy atom. The molecule has 1 heterocycles. The van der Waals surface area contributed by atoms with Gasteiger partial charge in [-0.2, -0.15) is 0 Å². The van der Waals surface area contributed by atoms with Gasteiger partial charge in [0.1, 0.15) is 25.1 Å². The number of nitrogens with one attached hydrogen (secondary N) is 1. The summed E-state index contributed by atoms with van der Waals surface area (Å²) in [4.78, 5) is 22.9. The van der Waals surface area contributed by atoms with E-state index >= 15 is 0 Å². The third-order valence-electron chi connectivity index (χ3n) is 2.93. The summed E-state index contributed by atoms with van der Waals surface area (Å²) in [6, 6.07) is 4.82. The Morgan fingerprint density at radius 3 is 2.64 bits per heavy atom. The van der Waals surface area contributed by atoms with Crippen LogP contribution in [0.1, 0.15) is 26.3 Å². The van der Waals surface area contributed by atoms with Crippen molar-refractivity contribution in [2.24, 2.45) is 0 Å². The number of aldehydes is 1. The molecular formula is C16H21NO5. The summed E-state index contributed by atoms with van der Waals surface area (Å²) in [5.74, 6) is 1.35. The minimum atomic E-state index is -0.655. The van der Waals surface area contributed by atoms with Crippen molar-refractivity contribution in [3.63, 3.8) is 0 Å². The van der Waals surface area contributed by atoms with E-state index in [9.17, 15) is 9.59 Å². The topological polar surface area (TPSA) is 73.9 Å². The average molecular weight is 307 g/mol. The summed E-state index contributed by atoms with van der Waals surface area (Å²) in [5.41, 5.74) is 0.270. The number of fused-ring (bicyclic) bond motifs is 1. The van der Waals surface area contributed by atoms with Gasteiger partial charge in [0.15, 0.2) is 11.5 Å². The lowest BCUT2D eigenvalue weighted by atomic mass is 10.1. The first-order valence-corrected chi connectivity index (χ1v) is 7.21. The molecule has 1 aromatic carbocycles. The quantitative estimate of drug-likeness (QED) is 0.862. The van der Waals surface area contributed by atoms with Crippen LogP contribution in [0.4, 0.5) is 4.79 Å². The number of amides is 1. The molecule has 1 aliphatic heterocycles. The molecule has 0 radical (unpaired) electrons. The zero-order chi connectivity index (χ0) is 16.2. The van der Waals surface area contributed by atoms with Gasteiger partial charge in [0.05, 0.1) is 6.04 Å². The number of benzene rings is 1. The molecule has 0 spiro atoms. The van der Waals surface area contributed by atoms with Gasteiger partial charge in [0.2, 0.25) is 0 Å². The molecule has 0 bridgehead atoms. The molecule has 6 nitrogen and oxygen atoms in total. The number of hydrogen-bond donors (Lipinski definition) is 1. The monoisotopic (exact) mass is 307 g/mol. The van der Waals surface area contributed by atoms with E-state index in [0.717, 1.165) is 5.56 Å². The van der Waals surface area contributed by atoms with Crippen LogP contribution in [0.2, 0.25) is 0 Å². The predicted molar refractivity (Wildman–Crippen MR) is 80.4 cm³/mol. The first-order valence-electron chi connectivity index (χ1n) is 7.21. The predicted octanol–water partition coefficient (Wildman–Crippen LogP) is 2.09. The van der Waals surface area contributed by atoms with Crippen LogP contribution in [-0.2, 0) is 16.0 Å². The van der Waals surface area contributed by atoms with Crippen LogP contribution in [0, 0.1) is 0 Å². The van der Waals surface area contributed by atoms with E-state index in [1.165, 1.54) is 0 Å². The Bertz CT molecular complexity index is 550. The first-order chi connectivity index (χ1) is 10.4. The molecule has 0 saturated carbocycles. The van der Waals surface area contributed by atoms with Gasteiger partial charge in [-0.1, -0.05) is 6.07 Å². The molecule has 22 heavy (non-hydrogen) atoms. The van der Waals surface area contributed by atoms with Crippen LogP contribution < -0.4 is 14.8 Å². The van der Waals surface area contributed by atoms with Gasteiger partial charge in [-0.25, -0.2) is 4.79 Å². The lowest BCUT2D eigenvalue weighted by molar-refractivity contribution is -0.109. The maximum Gasteiger partial charge on any atom is 0.408 e. The molecule has 0 aliphatic carbocycles. The third-order valence-corrected chi connectivity index (χ3v) is 2.93. The van der Waals surface area contributed by atoms with Crippen molar-refractivity contribution in [3.05, 3.63) is 23.8 Å². The van der Waals surface area contributed by atoms with Crippen molar-refractivity contribution in [2.45, 2.75) is 38.8 Å². The number of carbonyl (C=O) groups is 2. The molecule has 1 amide bonds. The molecule has 6 heteroatoms. The van der Waals surface area contributed by atoms with Crippen LogP contribution in [0.3, 0.4) is 0 Å². The lowest BCUT2D eigenvalue weighted by Gasteiger charge is -2.22. The molecular weight excluding hydrogens is 286 g/mol. The number of carbonyl (C=O) groups excluding carboxylic acids is 2. The van der Waals surface area contributed by atoms with E-state index in [4.69, 9.17) is 14.2 Å². The fourth-order valence-electron chi connectivity index (χ4n) is 2.06. The largest absolute Gasteiger partial charge is 0.486 e.